The van der Waals surface area contributed by atoms with E-state index < -0.39 is 21.9 Å². The average Bonchev–Trinajstić information content (AvgIpc) is 3.06. The zero-order valence-electron chi connectivity index (χ0n) is 18.0. The van der Waals surface area contributed by atoms with Gasteiger partial charge in [-0.2, -0.15) is 0 Å². The van der Waals surface area contributed by atoms with E-state index in [4.69, 9.17) is 17.0 Å². The Kier molecular flexibility index (Phi) is 7.46. The second-order valence-electron chi connectivity index (χ2n) is 6.88. The highest BCUT2D eigenvalue weighted by Gasteiger charge is 2.21. The molecule has 1 amide bonds. The molecule has 1 aromatic heterocycles. The molecule has 0 bridgehead atoms. The fraction of sp³-hybridized carbons (Fsp3) is 0.136. The summed E-state index contributed by atoms with van der Waals surface area (Å²) in [5, 5.41) is 6.70. The fourth-order valence-corrected chi connectivity index (χ4v) is 5.19. The highest BCUT2D eigenvalue weighted by Crippen LogP contribution is 2.33. The highest BCUT2D eigenvalue weighted by molar-refractivity contribution is 7.90. The molecular weight excluding hydrogens is 482 g/mol. The highest BCUT2D eigenvalue weighted by atomic mass is 32.2. The van der Waals surface area contributed by atoms with Gasteiger partial charge in [-0.05, 0) is 68.0 Å². The van der Waals surface area contributed by atoms with Gasteiger partial charge in [-0.3, -0.25) is 4.79 Å². The summed E-state index contributed by atoms with van der Waals surface area (Å²) in [7, 11) is -2.73. The monoisotopic (exact) mass is 503 g/mol. The lowest BCUT2D eigenvalue weighted by atomic mass is 10.1. The van der Waals surface area contributed by atoms with E-state index in [0.29, 0.717) is 16.3 Å². The first-order chi connectivity index (χ1) is 15.6. The normalized spacial score (nSPS) is 10.9. The first kappa shape index (κ1) is 24.4. The third-order valence-electron chi connectivity index (χ3n) is 4.69. The zero-order valence-corrected chi connectivity index (χ0v) is 20.4. The number of methoxy groups -OCH3 is 1. The van der Waals surface area contributed by atoms with Crippen LogP contribution in [0.3, 0.4) is 0 Å². The number of benzene rings is 2. The van der Waals surface area contributed by atoms with Crippen LogP contribution >= 0.6 is 23.6 Å². The molecule has 0 spiro atoms. The van der Waals surface area contributed by atoms with Crippen LogP contribution < -0.4 is 15.4 Å². The van der Waals surface area contributed by atoms with Gasteiger partial charge in [-0.25, -0.2) is 17.9 Å². The van der Waals surface area contributed by atoms with Crippen molar-refractivity contribution in [2.24, 2.45) is 0 Å². The Morgan fingerprint density at radius 1 is 0.970 bits per heavy atom. The number of nitrogens with one attached hydrogen (secondary N) is 3. The Hall–Kier alpha value is -3.28. The van der Waals surface area contributed by atoms with E-state index in [1.165, 1.54) is 54.8 Å². The Morgan fingerprint density at radius 3 is 2.21 bits per heavy atom. The Balaban J connectivity index is 1.68. The topological polar surface area (TPSA) is 114 Å². The predicted molar refractivity (Wildman–Crippen MR) is 133 cm³/mol. The molecule has 0 radical (unpaired) electrons. The summed E-state index contributed by atoms with van der Waals surface area (Å²) >= 11 is 6.70. The maximum Gasteiger partial charge on any atom is 0.341 e. The van der Waals surface area contributed by atoms with Crippen molar-refractivity contribution < 1.29 is 22.7 Å². The van der Waals surface area contributed by atoms with Crippen LogP contribution in [-0.2, 0) is 14.8 Å². The summed E-state index contributed by atoms with van der Waals surface area (Å²) in [6.45, 7) is 3.72. The first-order valence-corrected chi connectivity index (χ1v) is 12.3. The quantitative estimate of drug-likeness (QED) is 0.341. The lowest BCUT2D eigenvalue weighted by molar-refractivity contribution is 0.0601. The molecule has 11 heteroatoms. The van der Waals surface area contributed by atoms with Crippen molar-refractivity contribution in [3.05, 3.63) is 76.2 Å². The van der Waals surface area contributed by atoms with Gasteiger partial charge in [0.25, 0.3) is 15.9 Å². The number of carbonyl (C=O) groups excluding carboxylic acids is 2. The van der Waals surface area contributed by atoms with Crippen molar-refractivity contribution in [3.8, 4) is 0 Å². The number of aryl methyl sites for hydroxylation is 1. The lowest BCUT2D eigenvalue weighted by Gasteiger charge is -2.12. The molecule has 8 nitrogen and oxygen atoms in total. The largest absolute Gasteiger partial charge is 0.465 e. The van der Waals surface area contributed by atoms with Crippen LogP contribution in [0.2, 0.25) is 0 Å². The van der Waals surface area contributed by atoms with E-state index in [1.807, 2.05) is 18.6 Å². The van der Waals surface area contributed by atoms with E-state index in [1.54, 1.807) is 18.2 Å². The smallest absolute Gasteiger partial charge is 0.341 e. The minimum Gasteiger partial charge on any atom is -0.465 e. The molecule has 0 atom stereocenters. The van der Waals surface area contributed by atoms with E-state index in [-0.39, 0.29) is 15.6 Å². The van der Waals surface area contributed by atoms with Crippen LogP contribution in [0.1, 0.15) is 31.2 Å². The van der Waals surface area contributed by atoms with Crippen LogP contribution in [0, 0.1) is 13.8 Å². The van der Waals surface area contributed by atoms with Gasteiger partial charge in [0.15, 0.2) is 5.11 Å². The van der Waals surface area contributed by atoms with E-state index in [0.717, 1.165) is 10.4 Å². The maximum absolute atomic E-state index is 12.5. The molecule has 0 saturated heterocycles. The first-order valence-electron chi connectivity index (χ1n) is 9.61. The summed E-state index contributed by atoms with van der Waals surface area (Å²) in [4.78, 5) is 25.2. The number of rotatable bonds is 6. The third-order valence-corrected chi connectivity index (χ3v) is 7.36. The SMILES string of the molecule is COC(=O)c1c(NC(=S)Nc2ccc(S(=O)(=O)NC(=O)c3ccccc3)cc2)sc(C)c1C. The Bertz CT molecular complexity index is 1300. The molecule has 3 N–H and O–H groups in total. The van der Waals surface area contributed by atoms with Gasteiger partial charge in [0, 0.05) is 16.1 Å². The molecule has 0 fully saturated rings. The number of hydrogen-bond donors (Lipinski definition) is 3. The van der Waals surface area contributed by atoms with E-state index in [2.05, 4.69) is 10.6 Å². The van der Waals surface area contributed by atoms with Crippen molar-refractivity contribution in [1.29, 1.82) is 0 Å². The maximum atomic E-state index is 12.5. The predicted octanol–water partition coefficient (Wildman–Crippen LogP) is 4.08. The number of ether oxygens (including phenoxy) is 1. The van der Waals surface area contributed by atoms with Crippen LogP contribution in [0.25, 0.3) is 0 Å². The van der Waals surface area contributed by atoms with Crippen LogP contribution in [0.15, 0.2) is 59.5 Å². The van der Waals surface area contributed by atoms with Crippen LogP contribution in [0.4, 0.5) is 10.7 Å². The molecule has 0 aliphatic rings. The molecule has 3 aromatic rings. The summed E-state index contributed by atoms with van der Waals surface area (Å²) in [6, 6.07) is 13.8. The van der Waals surface area contributed by atoms with Gasteiger partial charge >= 0.3 is 5.97 Å². The molecule has 0 aliphatic carbocycles. The number of esters is 1. The van der Waals surface area contributed by atoms with Crippen molar-refractivity contribution in [2.75, 3.05) is 17.7 Å². The van der Waals surface area contributed by atoms with Gasteiger partial charge in [0.05, 0.1) is 17.6 Å². The third kappa shape index (κ3) is 5.75. The standard InChI is InChI=1S/C22H21N3O5S3/c1-13-14(2)32-20(18(13)21(27)30-3)24-22(31)23-16-9-11-17(12-10-16)33(28,29)25-19(26)15-7-5-4-6-8-15/h4-12H,1-3H3,(H,25,26)(H2,23,24,31). The zero-order chi connectivity index (χ0) is 24.2. The number of thiophene rings is 1. The summed E-state index contributed by atoms with van der Waals surface area (Å²) in [5.74, 6) is -1.18. The second-order valence-corrected chi connectivity index (χ2v) is 10.2. The van der Waals surface area contributed by atoms with Gasteiger partial charge in [-0.15, -0.1) is 11.3 Å². The van der Waals surface area contributed by atoms with Crippen LogP contribution in [-0.4, -0.2) is 32.5 Å². The minimum absolute atomic E-state index is 0.0753. The number of hydrogen-bond acceptors (Lipinski definition) is 7. The second kappa shape index (κ2) is 10.1. The number of carbonyl (C=O) groups is 2. The van der Waals surface area contributed by atoms with Gasteiger partial charge in [0.2, 0.25) is 0 Å². The van der Waals surface area contributed by atoms with Gasteiger partial charge in [0.1, 0.15) is 5.00 Å². The Morgan fingerprint density at radius 2 is 1.61 bits per heavy atom. The molecular formula is C22H21N3O5S3. The van der Waals surface area contributed by atoms with Crippen molar-refractivity contribution in [1.82, 2.24) is 4.72 Å². The van der Waals surface area contributed by atoms with Crippen LogP contribution in [0.5, 0.6) is 0 Å². The molecule has 33 heavy (non-hydrogen) atoms. The number of amides is 1. The molecule has 172 valence electrons. The molecule has 2 aromatic carbocycles. The van der Waals surface area contributed by atoms with E-state index in [9.17, 15) is 18.0 Å². The summed E-state index contributed by atoms with van der Waals surface area (Å²) in [5.41, 5.74) is 1.98. The molecule has 1 heterocycles. The molecule has 0 unspecified atom stereocenters. The summed E-state index contributed by atoms with van der Waals surface area (Å²) < 4.78 is 31.9. The van der Waals surface area contributed by atoms with Gasteiger partial charge < -0.3 is 15.4 Å². The summed E-state index contributed by atoms with van der Waals surface area (Å²) in [6.07, 6.45) is 0. The molecule has 3 rings (SSSR count). The van der Waals surface area contributed by atoms with E-state index >= 15 is 0 Å². The fourth-order valence-electron chi connectivity index (χ4n) is 2.88. The molecule has 0 aliphatic heterocycles. The Labute approximate surface area is 201 Å². The van der Waals surface area contributed by atoms with Crippen molar-refractivity contribution >= 4 is 61.3 Å². The average molecular weight is 504 g/mol. The molecule has 0 saturated carbocycles. The van der Waals surface area contributed by atoms with Crippen molar-refractivity contribution in [3.63, 3.8) is 0 Å². The minimum atomic E-state index is -4.05. The number of anilines is 2. The van der Waals surface area contributed by atoms with Crippen molar-refractivity contribution in [2.45, 2.75) is 18.7 Å². The lowest BCUT2D eigenvalue weighted by Crippen LogP contribution is -2.30. The number of sulfonamides is 1. The van der Waals surface area contributed by atoms with Gasteiger partial charge in [-0.1, -0.05) is 18.2 Å². The number of thiocarbonyl (C=S) groups is 1.